The Kier molecular flexibility index (Phi) is 3.00. The average Bonchev–Trinajstić information content (AvgIpc) is 2.77. The Morgan fingerprint density at radius 1 is 1.47 bits per heavy atom. The largest absolute Gasteiger partial charge is 0.404 e. The van der Waals surface area contributed by atoms with Gasteiger partial charge in [-0.3, -0.25) is 4.57 Å². The fourth-order valence-corrected chi connectivity index (χ4v) is 1.33. The molecule has 2 rings (SSSR count). The molecule has 0 N–H and O–H groups in total. The first-order valence-corrected chi connectivity index (χ1v) is 4.84. The van der Waals surface area contributed by atoms with Crippen LogP contribution in [0.1, 0.15) is 0 Å². The molecule has 0 saturated carbocycles. The molecule has 1 aromatic carbocycles. The van der Waals surface area contributed by atoms with Crippen LogP contribution in [0.15, 0.2) is 49.4 Å². The number of para-hydroxylation sites is 1. The van der Waals surface area contributed by atoms with Gasteiger partial charge in [0.15, 0.2) is 0 Å². The second-order valence-corrected chi connectivity index (χ2v) is 3.18. The molecule has 4 nitrogen and oxygen atoms in total. The van der Waals surface area contributed by atoms with Gasteiger partial charge in [0.1, 0.15) is 12.1 Å². The molecular weight excluding hydrogens is 223 g/mol. The maximum Gasteiger partial charge on any atom is 0.336 e. The molecule has 0 spiro atoms. The lowest BCUT2D eigenvalue weighted by Gasteiger charge is -2.07. The van der Waals surface area contributed by atoms with Gasteiger partial charge in [0, 0.05) is 6.08 Å². The summed E-state index contributed by atoms with van der Waals surface area (Å²) in [5, 5.41) is 0. The number of hydrogen-bond donors (Lipinski definition) is 0. The Balaban J connectivity index is 2.40. The molecule has 1 heterocycles. The summed E-state index contributed by atoms with van der Waals surface area (Å²) in [7, 11) is 0. The first kappa shape index (κ1) is 11.1. The van der Waals surface area contributed by atoms with E-state index in [9.17, 15) is 9.18 Å². The lowest BCUT2D eigenvalue weighted by molar-refractivity contribution is -0.129. The van der Waals surface area contributed by atoms with Crippen molar-refractivity contribution in [1.29, 1.82) is 0 Å². The molecule has 0 aliphatic carbocycles. The Morgan fingerprint density at radius 2 is 2.24 bits per heavy atom. The minimum absolute atomic E-state index is 0.139. The predicted octanol–water partition coefficient (Wildman–Crippen LogP) is 2.10. The van der Waals surface area contributed by atoms with Crippen molar-refractivity contribution in [2.45, 2.75) is 0 Å². The van der Waals surface area contributed by atoms with Crippen LogP contribution in [0.4, 0.5) is 4.39 Å². The summed E-state index contributed by atoms with van der Waals surface area (Å²) in [6.45, 7) is 3.28. The van der Waals surface area contributed by atoms with Crippen molar-refractivity contribution in [3.63, 3.8) is 0 Å². The molecule has 0 radical (unpaired) electrons. The van der Waals surface area contributed by atoms with Gasteiger partial charge in [-0.15, -0.1) is 0 Å². The van der Waals surface area contributed by atoms with E-state index in [0.717, 1.165) is 6.08 Å². The highest BCUT2D eigenvalue weighted by atomic mass is 19.1. The Labute approximate surface area is 97.0 Å². The fraction of sp³-hybridized carbons (Fsp3) is 0. The predicted molar refractivity (Wildman–Crippen MR) is 59.4 cm³/mol. The number of benzene rings is 1. The molecule has 17 heavy (non-hydrogen) atoms. The van der Waals surface area contributed by atoms with Crippen LogP contribution >= 0.6 is 0 Å². The van der Waals surface area contributed by atoms with Gasteiger partial charge < -0.3 is 4.74 Å². The summed E-state index contributed by atoms with van der Waals surface area (Å²) >= 11 is 0. The van der Waals surface area contributed by atoms with Crippen molar-refractivity contribution in [1.82, 2.24) is 9.55 Å². The first-order chi connectivity index (χ1) is 8.22. The van der Waals surface area contributed by atoms with Gasteiger partial charge in [0.2, 0.25) is 5.88 Å². The summed E-state index contributed by atoms with van der Waals surface area (Å²) in [5.74, 6) is -0.913. The number of nitrogens with zero attached hydrogens (tertiary/aromatic N) is 2. The summed E-state index contributed by atoms with van der Waals surface area (Å²) in [6, 6.07) is 6.12. The van der Waals surface area contributed by atoms with Crippen molar-refractivity contribution < 1.29 is 13.9 Å². The van der Waals surface area contributed by atoms with Crippen molar-refractivity contribution in [3.8, 4) is 11.6 Å². The van der Waals surface area contributed by atoms with Crippen molar-refractivity contribution >= 4 is 5.97 Å². The van der Waals surface area contributed by atoms with Crippen LogP contribution in [0, 0.1) is 5.82 Å². The highest BCUT2D eigenvalue weighted by Gasteiger charge is 2.11. The van der Waals surface area contributed by atoms with E-state index in [-0.39, 0.29) is 11.6 Å². The number of carbonyl (C=O) groups is 1. The maximum atomic E-state index is 13.5. The maximum absolute atomic E-state index is 13.5. The number of rotatable bonds is 3. The standard InChI is InChI=1S/C12H9FN2O2/c1-2-12(16)17-11-7-14-8-15(11)10-6-4-3-5-9(10)13/h2-8H,1H2. The third-order valence-corrected chi connectivity index (χ3v) is 2.09. The third-order valence-electron chi connectivity index (χ3n) is 2.09. The molecule has 1 aromatic heterocycles. The first-order valence-electron chi connectivity index (χ1n) is 4.84. The molecule has 5 heteroatoms. The number of halogens is 1. The zero-order valence-electron chi connectivity index (χ0n) is 8.84. The Hall–Kier alpha value is -2.43. The van der Waals surface area contributed by atoms with E-state index in [1.54, 1.807) is 18.2 Å². The molecule has 2 aromatic rings. The average molecular weight is 232 g/mol. The van der Waals surface area contributed by atoms with E-state index in [2.05, 4.69) is 11.6 Å². The van der Waals surface area contributed by atoms with Gasteiger partial charge in [-0.25, -0.2) is 14.2 Å². The zero-order valence-corrected chi connectivity index (χ0v) is 8.84. The molecule has 86 valence electrons. The Morgan fingerprint density at radius 3 is 2.94 bits per heavy atom. The molecule has 0 fully saturated rings. The van der Waals surface area contributed by atoms with Crippen LogP contribution in [0.25, 0.3) is 5.69 Å². The van der Waals surface area contributed by atoms with Crippen LogP contribution in [0.5, 0.6) is 5.88 Å². The lowest BCUT2D eigenvalue weighted by atomic mass is 10.3. The second-order valence-electron chi connectivity index (χ2n) is 3.18. The van der Waals surface area contributed by atoms with Crippen LogP contribution in [0.3, 0.4) is 0 Å². The summed E-state index contributed by atoms with van der Waals surface area (Å²) in [6.07, 6.45) is 3.72. The van der Waals surface area contributed by atoms with Crippen LogP contribution in [-0.4, -0.2) is 15.5 Å². The quantitative estimate of drug-likeness (QED) is 0.601. The molecule has 0 aliphatic rings. The minimum Gasteiger partial charge on any atom is -0.404 e. The van der Waals surface area contributed by atoms with E-state index >= 15 is 0 Å². The van der Waals surface area contributed by atoms with E-state index < -0.39 is 11.8 Å². The van der Waals surface area contributed by atoms with Crippen LogP contribution in [0.2, 0.25) is 0 Å². The highest BCUT2D eigenvalue weighted by molar-refractivity contribution is 5.83. The number of carbonyl (C=O) groups excluding carboxylic acids is 1. The number of ether oxygens (including phenoxy) is 1. The van der Waals surface area contributed by atoms with Crippen LogP contribution in [-0.2, 0) is 4.79 Å². The summed E-state index contributed by atoms with van der Waals surface area (Å²) in [5.41, 5.74) is 0.261. The molecular formula is C12H9FN2O2. The van der Waals surface area contributed by atoms with Crippen molar-refractivity contribution in [2.75, 3.05) is 0 Å². The monoisotopic (exact) mass is 232 g/mol. The van der Waals surface area contributed by atoms with Gasteiger partial charge in [0.25, 0.3) is 0 Å². The van der Waals surface area contributed by atoms with Gasteiger partial charge in [-0.05, 0) is 12.1 Å². The van der Waals surface area contributed by atoms with Gasteiger partial charge >= 0.3 is 5.97 Å². The second kappa shape index (κ2) is 4.61. The number of esters is 1. The van der Waals surface area contributed by atoms with Gasteiger partial charge in [-0.1, -0.05) is 18.7 Å². The van der Waals surface area contributed by atoms with E-state index in [1.807, 2.05) is 0 Å². The van der Waals surface area contributed by atoms with E-state index in [1.165, 1.54) is 23.2 Å². The fourth-order valence-electron chi connectivity index (χ4n) is 1.33. The molecule has 0 unspecified atom stereocenters. The molecule has 0 aliphatic heterocycles. The smallest absolute Gasteiger partial charge is 0.336 e. The minimum atomic E-state index is -0.622. The Bertz CT molecular complexity index is 563. The number of aromatic nitrogens is 2. The van der Waals surface area contributed by atoms with E-state index in [0.29, 0.717) is 0 Å². The SMILES string of the molecule is C=CC(=O)Oc1cncn1-c1ccccc1F. The number of imidazole rings is 1. The normalized spacial score (nSPS) is 9.94. The summed E-state index contributed by atoms with van der Waals surface area (Å²) < 4.78 is 19.8. The van der Waals surface area contributed by atoms with E-state index in [4.69, 9.17) is 4.74 Å². The molecule has 0 bridgehead atoms. The van der Waals surface area contributed by atoms with Crippen LogP contribution < -0.4 is 4.74 Å². The molecule has 0 saturated heterocycles. The molecule has 0 atom stereocenters. The summed E-state index contributed by atoms with van der Waals surface area (Å²) in [4.78, 5) is 14.9. The van der Waals surface area contributed by atoms with Crippen molar-refractivity contribution in [3.05, 3.63) is 55.3 Å². The zero-order chi connectivity index (χ0) is 12.3. The van der Waals surface area contributed by atoms with Gasteiger partial charge in [-0.2, -0.15) is 0 Å². The lowest BCUT2D eigenvalue weighted by Crippen LogP contribution is -2.07. The third kappa shape index (κ3) is 2.23. The number of hydrogen-bond acceptors (Lipinski definition) is 3. The van der Waals surface area contributed by atoms with Crippen molar-refractivity contribution in [2.24, 2.45) is 0 Å². The van der Waals surface area contributed by atoms with Gasteiger partial charge in [0.05, 0.1) is 11.9 Å². The topological polar surface area (TPSA) is 44.1 Å². The molecule has 0 amide bonds. The highest BCUT2D eigenvalue weighted by Crippen LogP contribution is 2.20.